The van der Waals surface area contributed by atoms with Gasteiger partial charge in [0.05, 0.1) is 28.3 Å². The second-order valence-electron chi connectivity index (χ2n) is 15.0. The van der Waals surface area contributed by atoms with Gasteiger partial charge in [0.25, 0.3) is 0 Å². The summed E-state index contributed by atoms with van der Waals surface area (Å²) < 4.78 is 0. The van der Waals surface area contributed by atoms with Crippen LogP contribution in [0.1, 0.15) is 77.8 Å². The minimum absolute atomic E-state index is 0.0204. The summed E-state index contributed by atoms with van der Waals surface area (Å²) in [7, 11) is 0. The smallest absolute Gasteiger partial charge is 0.250 e. The van der Waals surface area contributed by atoms with Gasteiger partial charge in [-0.1, -0.05) is 109 Å². The summed E-state index contributed by atoms with van der Waals surface area (Å²) in [6, 6.07) is 35.9. The Balaban J connectivity index is 0.852. The van der Waals surface area contributed by atoms with E-state index in [0.717, 1.165) is 98.2 Å². The third-order valence-corrected chi connectivity index (χ3v) is 13.5. The second kappa shape index (κ2) is 16.0. The fourth-order valence-electron chi connectivity index (χ4n) is 7.99. The maximum atomic E-state index is 14.1. The van der Waals surface area contributed by atoms with Crippen LogP contribution in [0, 0.1) is 5.92 Å². The largest absolute Gasteiger partial charge is 0.340 e. The number of aromatic nitrogens is 2. The number of nitrogens with one attached hydrogen (secondary N) is 1. The average Bonchev–Trinajstić information content (AvgIpc) is 3.69. The Labute approximate surface area is 335 Å². The van der Waals surface area contributed by atoms with Gasteiger partial charge in [0.2, 0.25) is 17.7 Å². The number of likely N-dealkylation sites (tertiary alicyclic amines) is 2. The van der Waals surface area contributed by atoms with Gasteiger partial charge in [-0.05, 0) is 71.9 Å². The molecule has 6 aromatic rings. The molecule has 0 radical (unpaired) electrons. The lowest BCUT2D eigenvalue weighted by Crippen LogP contribution is -2.43. The van der Waals surface area contributed by atoms with Crippen LogP contribution in [0.3, 0.4) is 0 Å². The van der Waals surface area contributed by atoms with Crippen molar-refractivity contribution < 1.29 is 14.4 Å². The Morgan fingerprint density at radius 3 is 1.68 bits per heavy atom. The first-order valence-electron chi connectivity index (χ1n) is 19.6. The van der Waals surface area contributed by atoms with E-state index in [0.29, 0.717) is 13.0 Å². The molecule has 8 nitrogen and oxygen atoms in total. The Hall–Kier alpha value is -5.45. The molecule has 4 aromatic carbocycles. The minimum Gasteiger partial charge on any atom is -0.340 e. The number of carbonyl (C=O) groups excluding carboxylic acids is 3. The molecule has 3 aliphatic rings. The van der Waals surface area contributed by atoms with Crippen LogP contribution in [0.15, 0.2) is 122 Å². The van der Waals surface area contributed by atoms with Crippen molar-refractivity contribution in [1.82, 2.24) is 25.1 Å². The molecule has 3 amide bonds. The summed E-state index contributed by atoms with van der Waals surface area (Å²) in [6.45, 7) is 1.43. The Morgan fingerprint density at radius 2 is 1.12 bits per heavy atom. The molecule has 2 aliphatic heterocycles. The normalized spacial score (nSPS) is 18.6. The number of rotatable bonds is 11. The van der Waals surface area contributed by atoms with E-state index in [1.807, 2.05) is 82.9 Å². The maximum absolute atomic E-state index is 14.1. The Bertz CT molecular complexity index is 2320. The highest BCUT2D eigenvalue weighted by Crippen LogP contribution is 2.41. The van der Waals surface area contributed by atoms with E-state index in [9.17, 15) is 14.4 Å². The lowest BCUT2D eigenvalue weighted by molar-refractivity contribution is -0.137. The molecule has 282 valence electrons. The van der Waals surface area contributed by atoms with Gasteiger partial charge in [0.1, 0.15) is 16.1 Å². The van der Waals surface area contributed by atoms with Crippen LogP contribution in [-0.2, 0) is 20.8 Å². The lowest BCUT2D eigenvalue weighted by Gasteiger charge is -2.28. The van der Waals surface area contributed by atoms with Gasteiger partial charge < -0.3 is 15.1 Å². The van der Waals surface area contributed by atoms with Crippen molar-refractivity contribution in [3.63, 3.8) is 0 Å². The van der Waals surface area contributed by atoms with Gasteiger partial charge in [0, 0.05) is 31.4 Å². The second-order valence-corrected chi connectivity index (χ2v) is 17.1. The third-order valence-electron chi connectivity index (χ3n) is 11.2. The van der Waals surface area contributed by atoms with Crippen molar-refractivity contribution in [2.24, 2.45) is 5.92 Å². The van der Waals surface area contributed by atoms with Crippen molar-refractivity contribution in [1.29, 1.82) is 0 Å². The number of hydrogen-bond donors (Lipinski definition) is 1. The van der Waals surface area contributed by atoms with E-state index >= 15 is 0 Å². The quantitative estimate of drug-likeness (QED) is 0.142. The first-order valence-corrected chi connectivity index (χ1v) is 21.2. The number of amides is 3. The van der Waals surface area contributed by atoms with Crippen molar-refractivity contribution in [3.05, 3.63) is 143 Å². The lowest BCUT2D eigenvalue weighted by atomic mass is 10.0. The highest BCUT2D eigenvalue weighted by atomic mass is 32.1. The first-order chi connectivity index (χ1) is 27.5. The van der Waals surface area contributed by atoms with Gasteiger partial charge in [-0.2, -0.15) is 0 Å². The number of carbonyl (C=O) groups is 3. The molecule has 3 atom stereocenters. The van der Waals surface area contributed by atoms with Gasteiger partial charge in [-0.3, -0.25) is 14.4 Å². The van der Waals surface area contributed by atoms with Crippen LogP contribution in [0.2, 0.25) is 0 Å². The molecule has 3 fully saturated rings. The fraction of sp³-hybridized carbons (Fsp3) is 0.283. The van der Waals surface area contributed by atoms with Crippen LogP contribution in [-0.4, -0.2) is 50.6 Å². The molecule has 2 aromatic heterocycles. The molecular weight excluding hydrogens is 735 g/mol. The molecule has 9 rings (SSSR count). The van der Waals surface area contributed by atoms with Crippen molar-refractivity contribution in [2.45, 2.75) is 63.1 Å². The fourth-order valence-corrected chi connectivity index (χ4v) is 10.1. The molecule has 4 heterocycles. The van der Waals surface area contributed by atoms with Crippen LogP contribution in [0.4, 0.5) is 0 Å². The van der Waals surface area contributed by atoms with Gasteiger partial charge in [0.15, 0.2) is 0 Å². The third kappa shape index (κ3) is 7.68. The SMILES string of the molecule is O=C(N[C@H](C(=O)N1CCC[C@H]1c1ncc(-c2ccc(-c3ccc(-c4cnc([C@@H]5CCCN5C(=O)Cc5ccccc5)s4)cc3)cc2)s1)c1ccccc1)C1CC1. The Kier molecular flexibility index (Phi) is 10.3. The van der Waals surface area contributed by atoms with Crippen LogP contribution < -0.4 is 5.32 Å². The molecule has 56 heavy (non-hydrogen) atoms. The van der Waals surface area contributed by atoms with E-state index in [1.54, 1.807) is 22.7 Å². The van der Waals surface area contributed by atoms with Crippen molar-refractivity contribution in [3.8, 4) is 32.0 Å². The molecule has 0 bridgehead atoms. The monoisotopic (exact) mass is 777 g/mol. The maximum Gasteiger partial charge on any atom is 0.250 e. The zero-order chi connectivity index (χ0) is 38.0. The zero-order valence-corrected chi connectivity index (χ0v) is 32.7. The predicted molar refractivity (Wildman–Crippen MR) is 222 cm³/mol. The van der Waals surface area contributed by atoms with Gasteiger partial charge in [-0.15, -0.1) is 22.7 Å². The first kappa shape index (κ1) is 36.2. The van der Waals surface area contributed by atoms with Crippen molar-refractivity contribution >= 4 is 40.4 Å². The minimum atomic E-state index is -0.699. The molecule has 0 spiro atoms. The molecular formula is C46H43N5O3S2. The number of hydrogen-bond acceptors (Lipinski definition) is 7. The van der Waals surface area contributed by atoms with E-state index in [1.165, 1.54) is 0 Å². The number of nitrogens with zero attached hydrogens (tertiary/aromatic N) is 4. The van der Waals surface area contributed by atoms with Gasteiger partial charge >= 0.3 is 0 Å². The Morgan fingerprint density at radius 1 is 0.625 bits per heavy atom. The zero-order valence-electron chi connectivity index (χ0n) is 31.1. The summed E-state index contributed by atoms with van der Waals surface area (Å²) in [4.78, 5) is 55.8. The summed E-state index contributed by atoms with van der Waals surface area (Å²) in [5.74, 6) is 0.0837. The van der Waals surface area contributed by atoms with E-state index in [4.69, 9.17) is 9.97 Å². The van der Waals surface area contributed by atoms with Crippen LogP contribution >= 0.6 is 22.7 Å². The molecule has 0 unspecified atom stereocenters. The highest BCUT2D eigenvalue weighted by molar-refractivity contribution is 7.15. The van der Waals surface area contributed by atoms with Crippen molar-refractivity contribution in [2.75, 3.05) is 13.1 Å². The molecule has 1 N–H and O–H groups in total. The summed E-state index contributed by atoms with van der Waals surface area (Å²) in [5.41, 5.74) is 6.31. The standard InChI is InChI=1S/C46H43N5O3S2/c52-41(27-30-9-3-1-4-10-30)50-25-7-13-37(50)44-47-28-39(55-44)33-19-15-31(16-20-33)32-17-21-34(22-18-32)40-29-48-45(56-40)38-14-8-26-51(38)46(54)42(35-11-5-2-6-12-35)49-43(53)36-23-24-36/h1-6,9-12,15-22,28-29,36-38,42H,7-8,13-14,23-27H2,(H,49,53)/t37-,38-,42-/m0/s1. The molecule has 1 aliphatic carbocycles. The topological polar surface area (TPSA) is 95.5 Å². The highest BCUT2D eigenvalue weighted by Gasteiger charge is 2.39. The summed E-state index contributed by atoms with van der Waals surface area (Å²) >= 11 is 3.32. The average molecular weight is 778 g/mol. The molecule has 2 saturated heterocycles. The molecule has 10 heteroatoms. The number of benzene rings is 4. The summed E-state index contributed by atoms with van der Waals surface area (Å²) in [5, 5.41) is 5.00. The van der Waals surface area contributed by atoms with E-state index in [2.05, 4.69) is 53.8 Å². The van der Waals surface area contributed by atoms with E-state index in [-0.39, 0.29) is 35.7 Å². The van der Waals surface area contributed by atoms with Crippen LogP contribution in [0.5, 0.6) is 0 Å². The summed E-state index contributed by atoms with van der Waals surface area (Å²) in [6.07, 6.45) is 9.75. The molecule has 1 saturated carbocycles. The predicted octanol–water partition coefficient (Wildman–Crippen LogP) is 9.44. The van der Waals surface area contributed by atoms with Crippen LogP contribution in [0.25, 0.3) is 32.0 Å². The van der Waals surface area contributed by atoms with E-state index < -0.39 is 6.04 Å². The van der Waals surface area contributed by atoms with Gasteiger partial charge in [-0.25, -0.2) is 9.97 Å². The number of thiazole rings is 2.